The summed E-state index contributed by atoms with van der Waals surface area (Å²) in [7, 11) is 0. The number of fused-ring (bicyclic) bond motifs is 1. The van der Waals surface area contributed by atoms with Gasteiger partial charge in [-0.1, -0.05) is 24.3 Å². The number of para-hydroxylation sites is 1. The van der Waals surface area contributed by atoms with Gasteiger partial charge in [-0.05, 0) is 70.6 Å². The van der Waals surface area contributed by atoms with Gasteiger partial charge in [-0.2, -0.15) is 0 Å². The lowest BCUT2D eigenvalue weighted by molar-refractivity contribution is -0.139. The maximum Gasteiger partial charge on any atom is 0.341 e. The van der Waals surface area contributed by atoms with Crippen LogP contribution in [0.2, 0.25) is 0 Å². The van der Waals surface area contributed by atoms with E-state index < -0.39 is 35.7 Å². The van der Waals surface area contributed by atoms with E-state index in [0.29, 0.717) is 35.2 Å². The van der Waals surface area contributed by atoms with Gasteiger partial charge < -0.3 is 14.6 Å². The number of halogens is 2. The predicted octanol–water partition coefficient (Wildman–Crippen LogP) is 5.26. The van der Waals surface area contributed by atoms with Crippen molar-refractivity contribution in [1.82, 2.24) is 4.98 Å². The van der Waals surface area contributed by atoms with Gasteiger partial charge in [0.1, 0.15) is 5.75 Å². The molecule has 1 aliphatic carbocycles. The number of hydrogen-bond acceptors (Lipinski definition) is 5. The summed E-state index contributed by atoms with van der Waals surface area (Å²) in [5, 5.41) is 8.95. The molecule has 0 fully saturated rings. The average molecular weight is 551 g/mol. The van der Waals surface area contributed by atoms with Gasteiger partial charge in [-0.3, -0.25) is 8.86 Å². The highest BCUT2D eigenvalue weighted by molar-refractivity contribution is 9.10. The molecule has 0 spiro atoms. The molecule has 0 aliphatic heterocycles. The molecule has 34 heavy (non-hydrogen) atoms. The normalized spacial score (nSPS) is 15.8. The van der Waals surface area contributed by atoms with Gasteiger partial charge in [0, 0.05) is 0 Å². The Labute approximate surface area is 205 Å². The molecule has 11 heteroatoms. The Morgan fingerprint density at radius 3 is 2.71 bits per heavy atom. The molecule has 0 saturated carbocycles. The van der Waals surface area contributed by atoms with Crippen molar-refractivity contribution in [2.24, 2.45) is 0 Å². The second-order valence-electron chi connectivity index (χ2n) is 7.48. The molecule has 1 heterocycles. The van der Waals surface area contributed by atoms with Crippen molar-refractivity contribution in [3.63, 3.8) is 0 Å². The van der Waals surface area contributed by atoms with E-state index in [2.05, 4.69) is 20.9 Å². The van der Waals surface area contributed by atoms with Gasteiger partial charge in [0.15, 0.2) is 18.2 Å². The minimum Gasteiger partial charge on any atom is -0.482 e. The lowest BCUT2D eigenvalue weighted by Gasteiger charge is -2.35. The summed E-state index contributed by atoms with van der Waals surface area (Å²) < 4.78 is 49.3. The number of benzene rings is 2. The van der Waals surface area contributed by atoms with Gasteiger partial charge in [-0.15, -0.1) is 0 Å². The van der Waals surface area contributed by atoms with Gasteiger partial charge in [-0.25, -0.2) is 18.4 Å². The van der Waals surface area contributed by atoms with Crippen molar-refractivity contribution in [3.8, 4) is 17.4 Å². The van der Waals surface area contributed by atoms with Crippen LogP contribution < -0.4 is 13.8 Å². The van der Waals surface area contributed by atoms with Crippen molar-refractivity contribution in [3.05, 3.63) is 76.1 Å². The van der Waals surface area contributed by atoms with Gasteiger partial charge >= 0.3 is 5.97 Å². The topological polar surface area (TPSA) is 109 Å². The first-order valence-electron chi connectivity index (χ1n) is 10.3. The molecular formula is C23H20BrFN2O6S. The molecular weight excluding hydrogens is 531 g/mol. The maximum atomic E-state index is 13.9. The van der Waals surface area contributed by atoms with Crippen LogP contribution in [0.25, 0.3) is 0 Å². The molecule has 0 amide bonds. The fourth-order valence-electron chi connectivity index (χ4n) is 3.93. The van der Waals surface area contributed by atoms with Gasteiger partial charge in [0.05, 0.1) is 22.4 Å². The molecule has 2 N–H and O–H groups in total. The Morgan fingerprint density at radius 1 is 1.24 bits per heavy atom. The van der Waals surface area contributed by atoms with Gasteiger partial charge in [0.25, 0.3) is 11.3 Å². The highest BCUT2D eigenvalue weighted by atomic mass is 79.9. The number of carboxylic acid groups (broad SMARTS) is 1. The highest BCUT2D eigenvalue weighted by Gasteiger charge is 2.32. The molecule has 8 nitrogen and oxygen atoms in total. The second kappa shape index (κ2) is 10.5. The van der Waals surface area contributed by atoms with E-state index in [0.717, 1.165) is 11.1 Å². The number of ether oxygens (including phenoxy) is 2. The SMILES string of the molecule is O=C(O)COc1cccc2c1CCCC2N(c1cnc(Oc2ccccc2F)c(Br)c1)S(=O)O. The summed E-state index contributed by atoms with van der Waals surface area (Å²) in [5.41, 5.74) is 1.93. The molecule has 2 aromatic carbocycles. The van der Waals surface area contributed by atoms with E-state index in [1.807, 2.05) is 6.07 Å². The third kappa shape index (κ3) is 5.21. The molecule has 1 aromatic heterocycles. The number of nitrogens with zero attached hydrogens (tertiary/aromatic N) is 2. The van der Waals surface area contributed by atoms with Crippen LogP contribution in [0.5, 0.6) is 17.4 Å². The summed E-state index contributed by atoms with van der Waals surface area (Å²) in [5.74, 6) is -1.08. The van der Waals surface area contributed by atoms with Crippen LogP contribution in [-0.2, 0) is 22.5 Å². The fourth-order valence-corrected chi connectivity index (χ4v) is 5.06. The number of hydrogen-bond donors (Lipinski definition) is 2. The first-order valence-corrected chi connectivity index (χ1v) is 12.2. The van der Waals surface area contributed by atoms with E-state index in [1.165, 1.54) is 22.6 Å². The Hall–Kier alpha value is -3.02. The predicted molar refractivity (Wildman–Crippen MR) is 127 cm³/mol. The average Bonchev–Trinajstić information content (AvgIpc) is 2.81. The highest BCUT2D eigenvalue weighted by Crippen LogP contribution is 2.42. The van der Waals surface area contributed by atoms with Crippen molar-refractivity contribution in [1.29, 1.82) is 0 Å². The zero-order valence-electron chi connectivity index (χ0n) is 17.7. The molecule has 2 atom stereocenters. The maximum absolute atomic E-state index is 13.9. The molecule has 2 unspecified atom stereocenters. The van der Waals surface area contributed by atoms with E-state index >= 15 is 0 Å². The first-order chi connectivity index (χ1) is 16.3. The molecule has 178 valence electrons. The standard InChI is InChI=1S/C23H20BrFN2O6S/c24-17-11-14(12-26-23(17)33-21-9-2-1-7-18(21)25)27(34(30)31)19-8-3-6-16-15(19)5-4-10-20(16)32-13-22(28)29/h1-2,4-5,7,9-12,19H,3,6,8,13H2,(H,28,29)(H,30,31). The summed E-state index contributed by atoms with van der Waals surface area (Å²) >= 11 is 0.959. The Balaban J connectivity index is 1.66. The quantitative estimate of drug-likeness (QED) is 0.368. The van der Waals surface area contributed by atoms with E-state index in [9.17, 15) is 17.9 Å². The number of pyridine rings is 1. The molecule has 0 bridgehead atoms. The van der Waals surface area contributed by atoms with E-state index in [4.69, 9.17) is 14.6 Å². The van der Waals surface area contributed by atoms with Crippen molar-refractivity contribution >= 4 is 38.9 Å². The molecule has 0 radical (unpaired) electrons. The fraction of sp³-hybridized carbons (Fsp3) is 0.217. The molecule has 1 aliphatic rings. The second-order valence-corrected chi connectivity index (χ2v) is 9.19. The molecule has 4 rings (SSSR count). The lowest BCUT2D eigenvalue weighted by Crippen LogP contribution is -2.33. The van der Waals surface area contributed by atoms with Crippen LogP contribution in [0.1, 0.15) is 30.0 Å². The monoisotopic (exact) mass is 550 g/mol. The van der Waals surface area contributed by atoms with E-state index in [1.54, 1.807) is 30.3 Å². The van der Waals surface area contributed by atoms with Crippen molar-refractivity contribution in [2.45, 2.75) is 25.3 Å². The van der Waals surface area contributed by atoms with Crippen LogP contribution >= 0.6 is 15.9 Å². The number of anilines is 1. The Bertz CT molecular complexity index is 1240. The third-order valence-electron chi connectivity index (χ3n) is 5.33. The van der Waals surface area contributed by atoms with Crippen LogP contribution in [0.3, 0.4) is 0 Å². The number of aromatic nitrogens is 1. The Morgan fingerprint density at radius 2 is 2.00 bits per heavy atom. The molecule has 3 aromatic rings. The zero-order chi connectivity index (χ0) is 24.2. The van der Waals surface area contributed by atoms with Crippen molar-refractivity contribution in [2.75, 3.05) is 10.9 Å². The minimum absolute atomic E-state index is 0.00105. The van der Waals surface area contributed by atoms with Crippen molar-refractivity contribution < 1.29 is 32.5 Å². The summed E-state index contributed by atoms with van der Waals surface area (Å²) in [6.07, 6.45) is 3.34. The zero-order valence-corrected chi connectivity index (χ0v) is 20.1. The summed E-state index contributed by atoms with van der Waals surface area (Å²) in [4.78, 5) is 15.2. The summed E-state index contributed by atoms with van der Waals surface area (Å²) in [6, 6.07) is 12.3. The molecule has 0 saturated heterocycles. The number of carbonyl (C=O) groups is 1. The third-order valence-corrected chi connectivity index (χ3v) is 6.70. The Kier molecular flexibility index (Phi) is 7.44. The van der Waals surface area contributed by atoms with Crippen LogP contribution in [-0.4, -0.2) is 31.4 Å². The van der Waals surface area contributed by atoms with Crippen LogP contribution in [0.4, 0.5) is 10.1 Å². The first kappa shape index (κ1) is 24.1. The smallest absolute Gasteiger partial charge is 0.341 e. The number of aliphatic carboxylic acids is 1. The lowest BCUT2D eigenvalue weighted by atomic mass is 9.87. The number of carboxylic acids is 1. The largest absolute Gasteiger partial charge is 0.482 e. The number of rotatable bonds is 8. The van der Waals surface area contributed by atoms with Crippen LogP contribution in [0, 0.1) is 5.82 Å². The van der Waals surface area contributed by atoms with Gasteiger partial charge in [0.2, 0.25) is 5.88 Å². The van der Waals surface area contributed by atoms with E-state index in [-0.39, 0.29) is 11.6 Å². The summed E-state index contributed by atoms with van der Waals surface area (Å²) in [6.45, 7) is -0.475. The minimum atomic E-state index is -2.40. The van der Waals surface area contributed by atoms with Crippen LogP contribution in [0.15, 0.2) is 59.2 Å².